The van der Waals surface area contributed by atoms with Crippen molar-refractivity contribution in [3.05, 3.63) is 0 Å². The van der Waals surface area contributed by atoms with Crippen LogP contribution in [0.3, 0.4) is 0 Å². The Hall–Kier alpha value is 0.460. The van der Waals surface area contributed by atoms with Crippen molar-refractivity contribution >= 4 is 20.9 Å². The van der Waals surface area contributed by atoms with Crippen molar-refractivity contribution in [1.29, 1.82) is 0 Å². The molecule has 2 nitrogen and oxygen atoms in total. The molecular formula is C5H11O2S2-. The maximum absolute atomic E-state index is 9.93. The Morgan fingerprint density at radius 3 is 2.67 bits per heavy atom. The summed E-state index contributed by atoms with van der Waals surface area (Å²) in [7, 11) is -0.914. The zero-order valence-electron chi connectivity index (χ0n) is 5.46. The van der Waals surface area contributed by atoms with Crippen molar-refractivity contribution in [1.82, 2.24) is 0 Å². The standard InChI is InChI=1S/C5H12O2S2/c1-2-3-4-5-8-9(6)7/h2-5H2,1H3,(H,6,7)/p-1. The van der Waals surface area contributed by atoms with Crippen LogP contribution in [-0.2, 0) is 10.1 Å². The molecule has 0 heterocycles. The molecule has 9 heavy (non-hydrogen) atoms. The molecule has 56 valence electrons. The molecule has 0 spiro atoms. The zero-order valence-corrected chi connectivity index (χ0v) is 7.09. The molecule has 0 fully saturated rings. The van der Waals surface area contributed by atoms with Crippen molar-refractivity contribution in [2.45, 2.75) is 26.2 Å². The normalized spacial score (nSPS) is 13.6. The van der Waals surface area contributed by atoms with Crippen molar-refractivity contribution in [3.63, 3.8) is 0 Å². The number of hydrogen-bond acceptors (Lipinski definition) is 3. The van der Waals surface area contributed by atoms with Gasteiger partial charge in [-0.25, -0.2) is 0 Å². The fourth-order valence-corrected chi connectivity index (χ4v) is 1.70. The average molecular weight is 167 g/mol. The Labute approximate surface area is 62.1 Å². The highest BCUT2D eigenvalue weighted by atomic mass is 33.1. The maximum atomic E-state index is 9.93. The van der Waals surface area contributed by atoms with Crippen LogP contribution in [0.5, 0.6) is 0 Å². The number of unbranched alkanes of at least 4 members (excludes halogenated alkanes) is 2. The molecule has 4 heteroatoms. The largest absolute Gasteiger partial charge is 0.764 e. The molecule has 0 bridgehead atoms. The van der Waals surface area contributed by atoms with E-state index in [4.69, 9.17) is 0 Å². The third kappa shape index (κ3) is 8.46. The fraction of sp³-hybridized carbons (Fsp3) is 1.00. The Bertz CT molecular complexity index is 85.0. The lowest BCUT2D eigenvalue weighted by Crippen LogP contribution is -1.83. The van der Waals surface area contributed by atoms with Gasteiger partial charge in [0.25, 0.3) is 0 Å². The minimum atomic E-state index is -1.90. The molecule has 0 aromatic heterocycles. The van der Waals surface area contributed by atoms with Crippen molar-refractivity contribution in [3.8, 4) is 0 Å². The van der Waals surface area contributed by atoms with Gasteiger partial charge in [-0.1, -0.05) is 30.6 Å². The lowest BCUT2D eigenvalue weighted by molar-refractivity contribution is 0.553. The van der Waals surface area contributed by atoms with E-state index in [1.807, 2.05) is 0 Å². The highest BCUT2D eigenvalue weighted by Crippen LogP contribution is 2.07. The van der Waals surface area contributed by atoms with Gasteiger partial charge in [-0.15, -0.1) is 0 Å². The van der Waals surface area contributed by atoms with Gasteiger partial charge >= 0.3 is 0 Å². The summed E-state index contributed by atoms with van der Waals surface area (Å²) >= 11 is 0. The van der Waals surface area contributed by atoms with Crippen LogP contribution in [0.4, 0.5) is 0 Å². The molecule has 0 rings (SSSR count). The van der Waals surface area contributed by atoms with Gasteiger partial charge in [-0.3, -0.25) is 4.21 Å². The van der Waals surface area contributed by atoms with E-state index in [0.29, 0.717) is 0 Å². The van der Waals surface area contributed by atoms with Crippen molar-refractivity contribution < 1.29 is 8.76 Å². The number of hydrogen-bond donors (Lipinski definition) is 0. The van der Waals surface area contributed by atoms with Crippen LogP contribution in [0.15, 0.2) is 0 Å². The smallest absolute Gasteiger partial charge is 0.00685 e. The van der Waals surface area contributed by atoms with Gasteiger partial charge in [0.15, 0.2) is 0 Å². The summed E-state index contributed by atoms with van der Waals surface area (Å²) in [5.41, 5.74) is 0. The van der Waals surface area contributed by atoms with Crippen LogP contribution in [0.25, 0.3) is 0 Å². The zero-order chi connectivity index (χ0) is 7.11. The first-order valence-electron chi connectivity index (χ1n) is 3.00. The van der Waals surface area contributed by atoms with E-state index in [1.54, 1.807) is 0 Å². The molecular weight excluding hydrogens is 156 g/mol. The second-order valence-corrected chi connectivity index (χ2v) is 4.31. The Balaban J connectivity index is 2.83. The molecule has 0 saturated carbocycles. The summed E-state index contributed by atoms with van der Waals surface area (Å²) in [6, 6.07) is 0. The molecule has 1 unspecified atom stereocenters. The SMILES string of the molecule is CCCCCSS(=O)[O-]. The van der Waals surface area contributed by atoms with Crippen LogP contribution in [0.2, 0.25) is 0 Å². The average Bonchev–Trinajstić information content (AvgIpc) is 1.80. The van der Waals surface area contributed by atoms with Crippen LogP contribution < -0.4 is 0 Å². The second-order valence-electron chi connectivity index (χ2n) is 1.73. The minimum Gasteiger partial charge on any atom is -0.764 e. The summed E-state index contributed by atoms with van der Waals surface area (Å²) in [4.78, 5) is 0. The topological polar surface area (TPSA) is 40.1 Å². The number of rotatable bonds is 5. The van der Waals surface area contributed by atoms with Gasteiger partial charge in [0.2, 0.25) is 0 Å². The van der Waals surface area contributed by atoms with Gasteiger partial charge in [-0.05, 0) is 6.42 Å². The molecule has 0 N–H and O–H groups in total. The lowest BCUT2D eigenvalue weighted by Gasteiger charge is -2.01. The highest BCUT2D eigenvalue weighted by molar-refractivity contribution is 8.67. The van der Waals surface area contributed by atoms with Crippen molar-refractivity contribution in [2.24, 2.45) is 0 Å². The first kappa shape index (κ1) is 9.46. The molecule has 0 amide bonds. The van der Waals surface area contributed by atoms with Gasteiger partial charge in [-0.2, -0.15) is 0 Å². The van der Waals surface area contributed by atoms with Gasteiger partial charge in [0, 0.05) is 15.9 Å². The first-order valence-corrected chi connectivity index (χ1v) is 5.57. The van der Waals surface area contributed by atoms with Crippen LogP contribution in [-0.4, -0.2) is 14.5 Å². The summed E-state index contributed by atoms with van der Waals surface area (Å²) in [5, 5.41) is 0. The van der Waals surface area contributed by atoms with Crippen LogP contribution in [0.1, 0.15) is 26.2 Å². The third-order valence-corrected chi connectivity index (χ3v) is 2.65. The Morgan fingerprint density at radius 2 is 2.22 bits per heavy atom. The lowest BCUT2D eigenvalue weighted by atomic mass is 10.3. The Morgan fingerprint density at radius 1 is 1.56 bits per heavy atom. The quantitative estimate of drug-likeness (QED) is 0.355. The van der Waals surface area contributed by atoms with E-state index in [0.717, 1.165) is 35.8 Å². The van der Waals surface area contributed by atoms with Crippen LogP contribution in [0, 0.1) is 0 Å². The molecule has 0 saturated heterocycles. The third-order valence-electron chi connectivity index (χ3n) is 0.927. The van der Waals surface area contributed by atoms with Crippen molar-refractivity contribution in [2.75, 3.05) is 5.75 Å². The molecule has 0 aromatic carbocycles. The van der Waals surface area contributed by atoms with E-state index in [1.165, 1.54) is 0 Å². The summed E-state index contributed by atoms with van der Waals surface area (Å²) in [6.07, 6.45) is 3.28. The van der Waals surface area contributed by atoms with E-state index in [2.05, 4.69) is 6.92 Å². The summed E-state index contributed by atoms with van der Waals surface area (Å²) < 4.78 is 19.9. The fourth-order valence-electron chi connectivity index (χ4n) is 0.479. The Kier molecular flexibility index (Phi) is 6.91. The summed E-state index contributed by atoms with van der Waals surface area (Å²) in [5.74, 6) is 0.740. The second kappa shape index (κ2) is 6.58. The first-order chi connectivity index (χ1) is 4.27. The van der Waals surface area contributed by atoms with E-state index < -0.39 is 10.1 Å². The molecule has 0 aliphatic carbocycles. The monoisotopic (exact) mass is 167 g/mol. The van der Waals surface area contributed by atoms with E-state index in [9.17, 15) is 8.76 Å². The van der Waals surface area contributed by atoms with Gasteiger partial charge in [0.05, 0.1) is 0 Å². The predicted molar refractivity (Wildman–Crippen MR) is 40.9 cm³/mol. The van der Waals surface area contributed by atoms with Gasteiger partial charge < -0.3 is 4.55 Å². The molecule has 0 aromatic rings. The van der Waals surface area contributed by atoms with E-state index in [-0.39, 0.29) is 0 Å². The summed E-state index contributed by atoms with van der Waals surface area (Å²) in [6.45, 7) is 2.10. The molecule has 0 radical (unpaired) electrons. The van der Waals surface area contributed by atoms with Crippen LogP contribution >= 0.6 is 10.8 Å². The molecule has 0 aliphatic rings. The molecule has 1 atom stereocenters. The highest BCUT2D eigenvalue weighted by Gasteiger charge is 1.86. The molecule has 0 aliphatic heterocycles. The minimum absolute atomic E-state index is 0.740. The predicted octanol–water partition coefficient (Wildman–Crippen LogP) is 1.70. The maximum Gasteiger partial charge on any atom is 0.00685 e. The van der Waals surface area contributed by atoms with Gasteiger partial charge in [0.1, 0.15) is 0 Å². The van der Waals surface area contributed by atoms with E-state index >= 15 is 0 Å².